The lowest BCUT2D eigenvalue weighted by Crippen LogP contribution is -2.37. The van der Waals surface area contributed by atoms with Crippen LogP contribution < -0.4 is 9.47 Å². The van der Waals surface area contributed by atoms with Gasteiger partial charge in [-0.25, -0.2) is 0 Å². The van der Waals surface area contributed by atoms with Gasteiger partial charge in [-0.1, -0.05) is 6.07 Å². The van der Waals surface area contributed by atoms with Crippen LogP contribution in [-0.2, 0) is 4.74 Å². The topological polar surface area (TPSA) is 105 Å². The number of phenolic OH excluding ortho intramolecular Hbond substituents is 3. The van der Waals surface area contributed by atoms with Gasteiger partial charge in [-0.05, 0) is 17.7 Å². The number of fused-ring (bicyclic) bond motifs is 1. The van der Waals surface area contributed by atoms with Gasteiger partial charge in [0, 0.05) is 19.2 Å². The zero-order valence-corrected chi connectivity index (χ0v) is 13.0. The van der Waals surface area contributed by atoms with Crippen molar-refractivity contribution in [1.82, 2.24) is 0 Å². The first kappa shape index (κ1) is 15.9. The lowest BCUT2D eigenvalue weighted by atomic mass is 9.92. The molecule has 126 valence electrons. The maximum Gasteiger partial charge on any atom is 0.203 e. The average Bonchev–Trinajstić information content (AvgIpc) is 2.53. The number of hydrogen-bond donors (Lipinski definition) is 3. The molecule has 7 heteroatoms. The predicted molar refractivity (Wildman–Crippen MR) is 82.9 cm³/mol. The van der Waals surface area contributed by atoms with Gasteiger partial charge < -0.3 is 29.5 Å². The molecule has 0 aliphatic carbocycles. The van der Waals surface area contributed by atoms with Crippen molar-refractivity contribution >= 4 is 5.78 Å². The molecule has 0 amide bonds. The van der Waals surface area contributed by atoms with E-state index in [1.165, 1.54) is 26.4 Å². The van der Waals surface area contributed by atoms with E-state index in [2.05, 4.69) is 0 Å². The number of carbonyl (C=O) groups excluding carboxylic acids is 1. The molecule has 3 N–H and O–H groups in total. The molecule has 0 aromatic heterocycles. The molecule has 2 aromatic carbocycles. The first-order valence-electron chi connectivity index (χ1n) is 7.12. The Hall–Kier alpha value is -2.93. The smallest absolute Gasteiger partial charge is 0.203 e. The summed E-state index contributed by atoms with van der Waals surface area (Å²) in [4.78, 5) is 12.6. The van der Waals surface area contributed by atoms with Gasteiger partial charge in [0.25, 0.3) is 0 Å². The van der Waals surface area contributed by atoms with Crippen LogP contribution in [0.15, 0.2) is 30.3 Å². The van der Waals surface area contributed by atoms with Gasteiger partial charge in [0.05, 0.1) is 7.11 Å². The number of phenols is 3. The Labute approximate surface area is 137 Å². The normalized spacial score (nSPS) is 19.5. The number of benzene rings is 2. The molecule has 1 heterocycles. The molecule has 0 fully saturated rings. The molecule has 3 rings (SSSR count). The van der Waals surface area contributed by atoms with Crippen LogP contribution in [0.1, 0.15) is 22.0 Å². The molecule has 0 bridgehead atoms. The van der Waals surface area contributed by atoms with E-state index in [9.17, 15) is 20.1 Å². The molecule has 1 aliphatic heterocycles. The van der Waals surface area contributed by atoms with Gasteiger partial charge in [-0.2, -0.15) is 0 Å². The van der Waals surface area contributed by atoms with E-state index in [-0.39, 0.29) is 34.3 Å². The van der Waals surface area contributed by atoms with Crippen molar-refractivity contribution in [3.63, 3.8) is 0 Å². The van der Waals surface area contributed by atoms with Crippen molar-refractivity contribution in [2.24, 2.45) is 0 Å². The highest BCUT2D eigenvalue weighted by Crippen LogP contribution is 2.43. The molecular weight excluding hydrogens is 316 g/mol. The minimum Gasteiger partial charge on any atom is -0.508 e. The Morgan fingerprint density at radius 1 is 1.04 bits per heavy atom. The SMILES string of the molecule is COc1ccc([C@@H]2Oc3cc(O)cc(O)c3C(=O)[C@H]2OC)cc1O. The van der Waals surface area contributed by atoms with Crippen LogP contribution in [0.5, 0.6) is 28.7 Å². The van der Waals surface area contributed by atoms with Crippen molar-refractivity contribution in [2.75, 3.05) is 14.2 Å². The van der Waals surface area contributed by atoms with E-state index in [0.717, 1.165) is 6.07 Å². The van der Waals surface area contributed by atoms with E-state index < -0.39 is 18.0 Å². The summed E-state index contributed by atoms with van der Waals surface area (Å²) in [5, 5.41) is 29.5. The standard InChI is InChI=1S/C17H16O7/c1-22-12-4-3-8(5-10(12)19)16-17(23-2)15(21)14-11(20)6-9(18)7-13(14)24-16/h3-7,16-20H,1-2H3/t16-,17+/m0/s1. The van der Waals surface area contributed by atoms with Crippen LogP contribution in [-0.4, -0.2) is 41.4 Å². The predicted octanol–water partition coefficient (Wildman–Crippen LogP) is 2.14. The maximum atomic E-state index is 12.6. The van der Waals surface area contributed by atoms with Crippen molar-refractivity contribution in [1.29, 1.82) is 0 Å². The molecule has 2 aromatic rings. The largest absolute Gasteiger partial charge is 0.508 e. The summed E-state index contributed by atoms with van der Waals surface area (Å²) in [6.45, 7) is 0. The Balaban J connectivity index is 2.08. The van der Waals surface area contributed by atoms with E-state index in [1.54, 1.807) is 12.1 Å². The molecule has 0 unspecified atom stereocenters. The number of aromatic hydroxyl groups is 3. The van der Waals surface area contributed by atoms with E-state index in [4.69, 9.17) is 14.2 Å². The lowest BCUT2D eigenvalue weighted by molar-refractivity contribution is -0.00115. The minimum absolute atomic E-state index is 0.0473. The van der Waals surface area contributed by atoms with Gasteiger partial charge in [0.2, 0.25) is 5.78 Å². The van der Waals surface area contributed by atoms with Gasteiger partial charge in [0.15, 0.2) is 23.7 Å². The molecule has 2 atom stereocenters. The van der Waals surface area contributed by atoms with Gasteiger partial charge in [-0.3, -0.25) is 4.79 Å². The van der Waals surface area contributed by atoms with Gasteiger partial charge >= 0.3 is 0 Å². The molecule has 0 radical (unpaired) electrons. The summed E-state index contributed by atoms with van der Waals surface area (Å²) in [5.74, 6) is -0.863. The third kappa shape index (κ3) is 2.48. The minimum atomic E-state index is -1.01. The summed E-state index contributed by atoms with van der Waals surface area (Å²) in [5.41, 5.74) is 0.440. The summed E-state index contributed by atoms with van der Waals surface area (Å²) >= 11 is 0. The van der Waals surface area contributed by atoms with Gasteiger partial charge in [0.1, 0.15) is 22.8 Å². The first-order valence-corrected chi connectivity index (χ1v) is 7.12. The first-order chi connectivity index (χ1) is 11.5. The monoisotopic (exact) mass is 332 g/mol. The van der Waals surface area contributed by atoms with E-state index in [1.807, 2.05) is 0 Å². The Morgan fingerprint density at radius 3 is 2.42 bits per heavy atom. The Kier molecular flexibility index (Phi) is 3.94. The number of Topliss-reactive ketones (excluding diaryl/α,β-unsaturated/α-hetero) is 1. The van der Waals surface area contributed by atoms with Crippen molar-refractivity contribution in [3.8, 4) is 28.7 Å². The van der Waals surface area contributed by atoms with Crippen LogP contribution in [0.2, 0.25) is 0 Å². The Bertz CT molecular complexity index is 800. The third-order valence-corrected chi connectivity index (χ3v) is 3.89. The molecule has 1 aliphatic rings. The highest BCUT2D eigenvalue weighted by Gasteiger charge is 2.40. The van der Waals surface area contributed by atoms with Crippen molar-refractivity contribution in [2.45, 2.75) is 12.2 Å². The molecule has 0 spiro atoms. The molecular formula is C17H16O7. The third-order valence-electron chi connectivity index (χ3n) is 3.89. The second kappa shape index (κ2) is 5.93. The van der Waals surface area contributed by atoms with Crippen LogP contribution in [0.25, 0.3) is 0 Å². The summed E-state index contributed by atoms with van der Waals surface area (Å²) in [6.07, 6.45) is -1.87. The quantitative estimate of drug-likeness (QED) is 0.791. The van der Waals surface area contributed by atoms with Crippen LogP contribution in [0.3, 0.4) is 0 Å². The fraction of sp³-hybridized carbons (Fsp3) is 0.235. The number of ether oxygens (including phenoxy) is 3. The summed E-state index contributed by atoms with van der Waals surface area (Å²) in [6, 6.07) is 6.90. The number of rotatable bonds is 3. The highest BCUT2D eigenvalue weighted by molar-refractivity contribution is 6.05. The molecule has 7 nitrogen and oxygen atoms in total. The zero-order chi connectivity index (χ0) is 17.4. The van der Waals surface area contributed by atoms with E-state index >= 15 is 0 Å². The van der Waals surface area contributed by atoms with Crippen molar-refractivity contribution in [3.05, 3.63) is 41.5 Å². The number of carbonyl (C=O) groups is 1. The lowest BCUT2D eigenvalue weighted by Gasteiger charge is -2.32. The number of methoxy groups -OCH3 is 2. The van der Waals surface area contributed by atoms with Crippen molar-refractivity contribution < 1.29 is 34.3 Å². The van der Waals surface area contributed by atoms with E-state index in [0.29, 0.717) is 5.56 Å². The molecule has 0 saturated heterocycles. The van der Waals surface area contributed by atoms with Crippen LogP contribution >= 0.6 is 0 Å². The Morgan fingerprint density at radius 2 is 1.79 bits per heavy atom. The fourth-order valence-electron chi connectivity index (χ4n) is 2.76. The van der Waals surface area contributed by atoms with Crippen LogP contribution in [0, 0.1) is 0 Å². The molecule has 0 saturated carbocycles. The molecule has 24 heavy (non-hydrogen) atoms. The van der Waals surface area contributed by atoms with Gasteiger partial charge in [-0.15, -0.1) is 0 Å². The zero-order valence-electron chi connectivity index (χ0n) is 13.0. The summed E-state index contributed by atoms with van der Waals surface area (Å²) < 4.78 is 16.0. The average molecular weight is 332 g/mol. The second-order valence-corrected chi connectivity index (χ2v) is 5.33. The number of ketones is 1. The summed E-state index contributed by atoms with van der Waals surface area (Å²) in [7, 11) is 2.78. The highest BCUT2D eigenvalue weighted by atomic mass is 16.5. The number of hydrogen-bond acceptors (Lipinski definition) is 7. The fourth-order valence-corrected chi connectivity index (χ4v) is 2.76. The second-order valence-electron chi connectivity index (χ2n) is 5.33. The maximum absolute atomic E-state index is 12.6. The van der Waals surface area contributed by atoms with Crippen LogP contribution in [0.4, 0.5) is 0 Å².